The fourth-order valence-corrected chi connectivity index (χ4v) is 2.76. The molecule has 2 saturated carbocycles. The van der Waals surface area contributed by atoms with Crippen LogP contribution in [0, 0.1) is 17.3 Å². The summed E-state index contributed by atoms with van der Waals surface area (Å²) in [7, 11) is 0. The molecule has 0 aromatic carbocycles. The predicted molar refractivity (Wildman–Crippen MR) is 42.6 cm³/mol. The van der Waals surface area contributed by atoms with Crippen LogP contribution in [-0.4, -0.2) is 6.54 Å². The molecule has 0 aromatic heterocycles. The van der Waals surface area contributed by atoms with E-state index < -0.39 is 0 Å². The Morgan fingerprint density at radius 1 is 1.60 bits per heavy atom. The smallest absolute Gasteiger partial charge is 0.00720 e. The van der Waals surface area contributed by atoms with Crippen molar-refractivity contribution in [1.29, 1.82) is 0 Å². The Hall–Kier alpha value is -0.0400. The summed E-state index contributed by atoms with van der Waals surface area (Å²) >= 11 is 0. The summed E-state index contributed by atoms with van der Waals surface area (Å²) in [6, 6.07) is 0. The predicted octanol–water partition coefficient (Wildman–Crippen LogP) is 1.77. The number of fused-ring (bicyclic) bond motifs is 1. The van der Waals surface area contributed by atoms with Gasteiger partial charge in [-0.3, -0.25) is 0 Å². The number of nitrogens with two attached hydrogens (primary N) is 1. The first kappa shape index (κ1) is 6.66. The Morgan fingerprint density at radius 2 is 2.40 bits per heavy atom. The molecule has 0 heterocycles. The van der Waals surface area contributed by atoms with Crippen molar-refractivity contribution in [3.05, 3.63) is 0 Å². The van der Waals surface area contributed by atoms with Gasteiger partial charge in [0.05, 0.1) is 0 Å². The third kappa shape index (κ3) is 0.800. The quantitative estimate of drug-likeness (QED) is 0.620. The van der Waals surface area contributed by atoms with Crippen molar-refractivity contribution in [2.75, 3.05) is 6.54 Å². The lowest BCUT2D eigenvalue weighted by molar-refractivity contribution is 0.266. The second-order valence-corrected chi connectivity index (χ2v) is 4.33. The second-order valence-electron chi connectivity index (χ2n) is 4.33. The van der Waals surface area contributed by atoms with Crippen molar-refractivity contribution >= 4 is 0 Å². The van der Waals surface area contributed by atoms with Crippen LogP contribution >= 0.6 is 0 Å². The fraction of sp³-hybridized carbons (Fsp3) is 1.00. The van der Waals surface area contributed by atoms with E-state index in [1.807, 2.05) is 0 Å². The molecule has 1 heteroatoms. The lowest BCUT2D eigenvalue weighted by Gasteiger charge is -2.24. The van der Waals surface area contributed by atoms with Crippen LogP contribution in [-0.2, 0) is 0 Å². The SMILES string of the molecule is CC1(CCN)CCC2CC21. The molecular formula is C9H17N. The summed E-state index contributed by atoms with van der Waals surface area (Å²) in [5.41, 5.74) is 6.23. The van der Waals surface area contributed by atoms with E-state index in [1.165, 1.54) is 25.7 Å². The van der Waals surface area contributed by atoms with Gasteiger partial charge in [-0.15, -0.1) is 0 Å². The molecule has 2 rings (SSSR count). The molecule has 0 aliphatic heterocycles. The van der Waals surface area contributed by atoms with Gasteiger partial charge < -0.3 is 5.73 Å². The minimum Gasteiger partial charge on any atom is -0.330 e. The molecule has 2 aliphatic carbocycles. The second kappa shape index (κ2) is 1.97. The van der Waals surface area contributed by atoms with Crippen molar-refractivity contribution in [1.82, 2.24) is 0 Å². The molecule has 0 spiro atoms. The highest BCUT2D eigenvalue weighted by molar-refractivity contribution is 5.04. The van der Waals surface area contributed by atoms with Gasteiger partial charge in [-0.1, -0.05) is 6.92 Å². The lowest BCUT2D eigenvalue weighted by atomic mass is 9.81. The van der Waals surface area contributed by atoms with Crippen LogP contribution in [0.4, 0.5) is 0 Å². The lowest BCUT2D eigenvalue weighted by Crippen LogP contribution is -2.20. The van der Waals surface area contributed by atoms with Crippen molar-refractivity contribution < 1.29 is 0 Å². The summed E-state index contributed by atoms with van der Waals surface area (Å²) < 4.78 is 0. The first-order valence-corrected chi connectivity index (χ1v) is 4.46. The van der Waals surface area contributed by atoms with Crippen LogP contribution < -0.4 is 5.73 Å². The van der Waals surface area contributed by atoms with E-state index in [0.29, 0.717) is 5.41 Å². The molecule has 58 valence electrons. The van der Waals surface area contributed by atoms with Crippen LogP contribution in [0.15, 0.2) is 0 Å². The standard InChI is InChI=1S/C9H17N/c1-9(4-5-10)3-2-7-6-8(7)9/h7-8H,2-6,10H2,1H3. The minimum atomic E-state index is 0.652. The molecule has 2 fully saturated rings. The molecule has 0 bridgehead atoms. The van der Waals surface area contributed by atoms with Gasteiger partial charge in [0.1, 0.15) is 0 Å². The Morgan fingerprint density at radius 3 is 2.80 bits per heavy atom. The highest BCUT2D eigenvalue weighted by Gasteiger charge is 2.54. The Bertz CT molecular complexity index is 144. The number of hydrogen-bond acceptors (Lipinski definition) is 1. The maximum Gasteiger partial charge on any atom is -0.00720 e. The maximum absolute atomic E-state index is 5.57. The van der Waals surface area contributed by atoms with E-state index in [0.717, 1.165) is 18.4 Å². The highest BCUT2D eigenvalue weighted by atomic mass is 14.6. The molecule has 0 amide bonds. The molecule has 0 saturated heterocycles. The summed E-state index contributed by atoms with van der Waals surface area (Å²) in [6.45, 7) is 3.32. The zero-order valence-corrected chi connectivity index (χ0v) is 6.77. The van der Waals surface area contributed by atoms with Gasteiger partial charge in [0, 0.05) is 0 Å². The van der Waals surface area contributed by atoms with Gasteiger partial charge in [-0.05, 0) is 49.5 Å². The third-order valence-corrected chi connectivity index (χ3v) is 3.62. The molecule has 0 aromatic rings. The van der Waals surface area contributed by atoms with Gasteiger partial charge >= 0.3 is 0 Å². The Kier molecular flexibility index (Phi) is 1.31. The summed E-state index contributed by atoms with van der Waals surface area (Å²) in [6.07, 6.45) is 5.70. The van der Waals surface area contributed by atoms with Crippen LogP contribution in [0.1, 0.15) is 32.6 Å². The summed E-state index contributed by atoms with van der Waals surface area (Å²) in [4.78, 5) is 0. The van der Waals surface area contributed by atoms with Crippen LogP contribution in [0.3, 0.4) is 0 Å². The number of rotatable bonds is 2. The number of hydrogen-bond donors (Lipinski definition) is 1. The van der Waals surface area contributed by atoms with Gasteiger partial charge in [-0.25, -0.2) is 0 Å². The average Bonchev–Trinajstić information content (AvgIpc) is 2.58. The van der Waals surface area contributed by atoms with E-state index in [9.17, 15) is 0 Å². The average molecular weight is 139 g/mol. The molecule has 3 atom stereocenters. The van der Waals surface area contributed by atoms with E-state index in [4.69, 9.17) is 5.73 Å². The van der Waals surface area contributed by atoms with Gasteiger partial charge in [0.15, 0.2) is 0 Å². The summed E-state index contributed by atoms with van der Waals surface area (Å²) in [5.74, 6) is 2.17. The topological polar surface area (TPSA) is 26.0 Å². The zero-order valence-electron chi connectivity index (χ0n) is 6.77. The molecular weight excluding hydrogens is 122 g/mol. The van der Waals surface area contributed by atoms with E-state index in [-0.39, 0.29) is 0 Å². The van der Waals surface area contributed by atoms with Crippen molar-refractivity contribution in [2.24, 2.45) is 23.0 Å². The van der Waals surface area contributed by atoms with Gasteiger partial charge in [0.2, 0.25) is 0 Å². The molecule has 2 N–H and O–H groups in total. The van der Waals surface area contributed by atoms with Gasteiger partial charge in [0.25, 0.3) is 0 Å². The molecule has 10 heavy (non-hydrogen) atoms. The first-order chi connectivity index (χ1) is 4.76. The Labute approximate surface area is 63.0 Å². The van der Waals surface area contributed by atoms with E-state index in [1.54, 1.807) is 0 Å². The minimum absolute atomic E-state index is 0.652. The maximum atomic E-state index is 5.57. The van der Waals surface area contributed by atoms with Gasteiger partial charge in [-0.2, -0.15) is 0 Å². The molecule has 2 aliphatic rings. The normalized spacial score (nSPS) is 51.0. The molecule has 1 nitrogen and oxygen atoms in total. The highest BCUT2D eigenvalue weighted by Crippen LogP contribution is 2.63. The van der Waals surface area contributed by atoms with Crippen LogP contribution in [0.2, 0.25) is 0 Å². The van der Waals surface area contributed by atoms with E-state index in [2.05, 4.69) is 6.92 Å². The molecule has 0 radical (unpaired) electrons. The Balaban J connectivity index is 2.00. The van der Waals surface area contributed by atoms with Crippen molar-refractivity contribution in [3.63, 3.8) is 0 Å². The largest absolute Gasteiger partial charge is 0.330 e. The monoisotopic (exact) mass is 139 g/mol. The fourth-order valence-electron chi connectivity index (χ4n) is 2.76. The van der Waals surface area contributed by atoms with Crippen LogP contribution in [0.5, 0.6) is 0 Å². The third-order valence-electron chi connectivity index (χ3n) is 3.62. The molecule has 3 unspecified atom stereocenters. The zero-order chi connectivity index (χ0) is 7.19. The first-order valence-electron chi connectivity index (χ1n) is 4.46. The van der Waals surface area contributed by atoms with Crippen molar-refractivity contribution in [3.8, 4) is 0 Å². The summed E-state index contributed by atoms with van der Waals surface area (Å²) in [5, 5.41) is 0. The van der Waals surface area contributed by atoms with Crippen molar-refractivity contribution in [2.45, 2.75) is 32.6 Å². The van der Waals surface area contributed by atoms with E-state index >= 15 is 0 Å². The van der Waals surface area contributed by atoms with Crippen LogP contribution in [0.25, 0.3) is 0 Å².